The lowest BCUT2D eigenvalue weighted by Crippen LogP contribution is -2.54. The maximum atomic E-state index is 13.2. The van der Waals surface area contributed by atoms with Crippen molar-refractivity contribution in [2.75, 3.05) is 4.90 Å². The summed E-state index contributed by atoms with van der Waals surface area (Å²) in [6.45, 7) is 7.70. The van der Waals surface area contributed by atoms with Gasteiger partial charge >= 0.3 is 6.03 Å². The quantitative estimate of drug-likeness (QED) is 0.452. The van der Waals surface area contributed by atoms with E-state index in [1.54, 1.807) is 24.3 Å². The van der Waals surface area contributed by atoms with E-state index in [-0.39, 0.29) is 5.57 Å². The summed E-state index contributed by atoms with van der Waals surface area (Å²) in [4.78, 5) is 39.2. The van der Waals surface area contributed by atoms with Crippen LogP contribution in [0.2, 0.25) is 5.02 Å². The lowest BCUT2D eigenvalue weighted by atomic mass is 10.1. The van der Waals surface area contributed by atoms with Crippen LogP contribution in [0.15, 0.2) is 54.1 Å². The van der Waals surface area contributed by atoms with Crippen molar-refractivity contribution >= 4 is 41.2 Å². The van der Waals surface area contributed by atoms with Gasteiger partial charge < -0.3 is 4.57 Å². The van der Waals surface area contributed by atoms with E-state index in [0.29, 0.717) is 16.3 Å². The molecule has 0 saturated carbocycles. The summed E-state index contributed by atoms with van der Waals surface area (Å²) in [5.74, 6) is -1.37. The maximum Gasteiger partial charge on any atom is 0.335 e. The molecule has 162 valence electrons. The van der Waals surface area contributed by atoms with Gasteiger partial charge in [0.15, 0.2) is 0 Å². The minimum absolute atomic E-state index is 0.0980. The van der Waals surface area contributed by atoms with Crippen LogP contribution >= 0.6 is 11.6 Å². The van der Waals surface area contributed by atoms with Crippen molar-refractivity contribution in [3.63, 3.8) is 0 Å². The Hall–Kier alpha value is -3.64. The predicted octanol–water partition coefficient (Wildman–Crippen LogP) is 5.03. The number of aromatic nitrogens is 1. The Labute approximate surface area is 191 Å². The van der Waals surface area contributed by atoms with Gasteiger partial charge in [-0.2, -0.15) is 0 Å². The summed E-state index contributed by atoms with van der Waals surface area (Å²) in [7, 11) is 0. The SMILES string of the molecule is Cc1ccc(N2C(=O)NC(=O)/C(=C\c3cc(C)n(-c4ccc(Cl)cc4)c3C)C2=O)cc1C. The highest BCUT2D eigenvalue weighted by molar-refractivity contribution is 6.39. The first-order chi connectivity index (χ1) is 15.2. The normalized spacial score (nSPS) is 15.5. The first-order valence-corrected chi connectivity index (χ1v) is 10.5. The molecule has 4 rings (SSSR count). The number of urea groups is 1. The fourth-order valence-electron chi connectivity index (χ4n) is 3.83. The van der Waals surface area contributed by atoms with Gasteiger partial charge in [0.2, 0.25) is 0 Å². The molecule has 1 aliphatic heterocycles. The van der Waals surface area contributed by atoms with Gasteiger partial charge in [-0.05, 0) is 92.9 Å². The highest BCUT2D eigenvalue weighted by Crippen LogP contribution is 2.27. The van der Waals surface area contributed by atoms with E-state index in [9.17, 15) is 14.4 Å². The third-order valence-electron chi connectivity index (χ3n) is 5.71. The Bertz CT molecular complexity index is 1300. The molecule has 0 bridgehead atoms. The average molecular weight is 448 g/mol. The highest BCUT2D eigenvalue weighted by Gasteiger charge is 2.37. The van der Waals surface area contributed by atoms with Crippen molar-refractivity contribution in [3.8, 4) is 5.69 Å². The second kappa shape index (κ2) is 8.13. The number of benzene rings is 2. The molecule has 0 radical (unpaired) electrons. The van der Waals surface area contributed by atoms with E-state index < -0.39 is 17.8 Å². The number of amides is 4. The molecule has 0 atom stereocenters. The predicted molar refractivity (Wildman–Crippen MR) is 125 cm³/mol. The van der Waals surface area contributed by atoms with Crippen LogP contribution in [0.3, 0.4) is 0 Å². The summed E-state index contributed by atoms with van der Waals surface area (Å²) >= 11 is 6.01. The van der Waals surface area contributed by atoms with Crippen LogP contribution in [0, 0.1) is 27.7 Å². The van der Waals surface area contributed by atoms with Crippen molar-refractivity contribution in [1.29, 1.82) is 0 Å². The van der Waals surface area contributed by atoms with Crippen LogP contribution in [0.25, 0.3) is 11.8 Å². The first kappa shape index (κ1) is 21.6. The number of rotatable bonds is 3. The van der Waals surface area contributed by atoms with Crippen molar-refractivity contribution in [2.24, 2.45) is 0 Å². The standard InChI is InChI=1S/C25H22ClN3O3/c1-14-5-8-21(11-15(14)2)29-24(31)22(23(30)27-25(29)32)13-18-12-16(3)28(17(18)4)20-9-6-19(26)7-10-20/h5-13H,1-4H3,(H,27,30,32)/b22-13+. The molecule has 2 aromatic carbocycles. The zero-order valence-corrected chi connectivity index (χ0v) is 18.9. The fraction of sp³-hybridized carbons (Fsp3) is 0.160. The Morgan fingerprint density at radius 2 is 1.50 bits per heavy atom. The van der Waals surface area contributed by atoms with E-state index in [2.05, 4.69) is 5.32 Å². The van der Waals surface area contributed by atoms with Crippen molar-refractivity contribution in [3.05, 3.63) is 87.2 Å². The third kappa shape index (κ3) is 3.74. The average Bonchev–Trinajstić information content (AvgIpc) is 3.01. The molecule has 6 nitrogen and oxygen atoms in total. The summed E-state index contributed by atoms with van der Waals surface area (Å²) in [6.07, 6.45) is 1.53. The molecule has 1 aliphatic rings. The van der Waals surface area contributed by atoms with Crippen molar-refractivity contribution < 1.29 is 14.4 Å². The molecular formula is C25H22ClN3O3. The van der Waals surface area contributed by atoms with E-state index in [1.165, 1.54) is 6.08 Å². The molecule has 0 spiro atoms. The number of carbonyl (C=O) groups excluding carboxylic acids is 3. The molecule has 1 fully saturated rings. The lowest BCUT2D eigenvalue weighted by molar-refractivity contribution is -0.122. The van der Waals surface area contributed by atoms with Gasteiger partial charge in [-0.1, -0.05) is 17.7 Å². The Balaban J connectivity index is 1.76. The van der Waals surface area contributed by atoms with E-state index >= 15 is 0 Å². The monoisotopic (exact) mass is 447 g/mol. The summed E-state index contributed by atoms with van der Waals surface area (Å²) in [5, 5.41) is 2.92. The third-order valence-corrected chi connectivity index (χ3v) is 5.96. The van der Waals surface area contributed by atoms with Gasteiger partial charge in [0.05, 0.1) is 5.69 Å². The molecular weight excluding hydrogens is 426 g/mol. The fourth-order valence-corrected chi connectivity index (χ4v) is 3.96. The molecule has 1 N–H and O–H groups in total. The maximum absolute atomic E-state index is 13.2. The van der Waals surface area contributed by atoms with Gasteiger partial charge in [0.1, 0.15) is 5.57 Å². The molecule has 4 amide bonds. The van der Waals surface area contributed by atoms with Gasteiger partial charge in [0.25, 0.3) is 11.8 Å². The van der Waals surface area contributed by atoms with Crippen LogP contribution in [-0.2, 0) is 9.59 Å². The Morgan fingerprint density at radius 1 is 0.844 bits per heavy atom. The van der Waals surface area contributed by atoms with Crippen LogP contribution < -0.4 is 10.2 Å². The number of nitrogens with zero attached hydrogens (tertiary/aromatic N) is 2. The Morgan fingerprint density at radius 3 is 2.16 bits per heavy atom. The van der Waals surface area contributed by atoms with Gasteiger partial charge in [0, 0.05) is 22.1 Å². The number of hydrogen-bond acceptors (Lipinski definition) is 3. The van der Waals surface area contributed by atoms with E-state index in [0.717, 1.165) is 33.1 Å². The smallest absolute Gasteiger partial charge is 0.318 e. The second-order valence-corrected chi connectivity index (χ2v) is 8.30. The van der Waals surface area contributed by atoms with Gasteiger partial charge in [-0.25, -0.2) is 9.69 Å². The van der Waals surface area contributed by atoms with Crippen molar-refractivity contribution in [1.82, 2.24) is 9.88 Å². The minimum atomic E-state index is -0.757. The van der Waals surface area contributed by atoms with Crippen molar-refractivity contribution in [2.45, 2.75) is 27.7 Å². The summed E-state index contributed by atoms with van der Waals surface area (Å²) < 4.78 is 2.01. The molecule has 1 saturated heterocycles. The molecule has 32 heavy (non-hydrogen) atoms. The molecule has 0 unspecified atom stereocenters. The molecule has 0 aliphatic carbocycles. The number of aryl methyl sites for hydroxylation is 3. The number of nitrogens with one attached hydrogen (secondary N) is 1. The van der Waals surface area contributed by atoms with Crippen LogP contribution in [0.4, 0.5) is 10.5 Å². The van der Waals surface area contributed by atoms with Gasteiger partial charge in [-0.15, -0.1) is 0 Å². The number of anilines is 1. The first-order valence-electron chi connectivity index (χ1n) is 10.1. The summed E-state index contributed by atoms with van der Waals surface area (Å²) in [6, 6.07) is 13.8. The number of barbiturate groups is 1. The molecule has 2 heterocycles. The molecule has 3 aromatic rings. The highest BCUT2D eigenvalue weighted by atomic mass is 35.5. The topological polar surface area (TPSA) is 71.4 Å². The van der Waals surface area contributed by atoms with Crippen LogP contribution in [-0.4, -0.2) is 22.4 Å². The molecule has 1 aromatic heterocycles. The Kier molecular flexibility index (Phi) is 5.48. The second-order valence-electron chi connectivity index (χ2n) is 7.86. The van der Waals surface area contributed by atoms with Crippen LogP contribution in [0.5, 0.6) is 0 Å². The van der Waals surface area contributed by atoms with E-state index in [1.807, 2.05) is 56.5 Å². The van der Waals surface area contributed by atoms with Crippen LogP contribution in [0.1, 0.15) is 28.1 Å². The van der Waals surface area contributed by atoms with Gasteiger partial charge in [-0.3, -0.25) is 14.9 Å². The van der Waals surface area contributed by atoms with E-state index in [4.69, 9.17) is 11.6 Å². The number of halogens is 1. The molecule has 7 heteroatoms. The number of hydrogen-bond donors (Lipinski definition) is 1. The number of carbonyl (C=O) groups is 3. The zero-order valence-electron chi connectivity index (χ0n) is 18.2. The zero-order chi connectivity index (χ0) is 23.2. The summed E-state index contributed by atoms with van der Waals surface area (Å²) in [5.41, 5.74) is 5.72. The largest absolute Gasteiger partial charge is 0.335 e. The minimum Gasteiger partial charge on any atom is -0.318 e. The lowest BCUT2D eigenvalue weighted by Gasteiger charge is -2.26. The number of imide groups is 2.